The molecule has 0 heterocycles. The molecule has 2 unspecified atom stereocenters. The number of methoxy groups -OCH3 is 8. The van der Waals surface area contributed by atoms with Crippen molar-refractivity contribution in [2.24, 2.45) is 0 Å². The molecule has 0 aliphatic heterocycles. The van der Waals surface area contributed by atoms with Crippen LogP contribution in [0.3, 0.4) is 0 Å². The van der Waals surface area contributed by atoms with Crippen LogP contribution in [0.4, 0.5) is 0 Å². The molecule has 0 aliphatic rings. The van der Waals surface area contributed by atoms with E-state index in [1.165, 1.54) is 49.4 Å². The monoisotopic (exact) mass is 1130 g/mol. The number of nitrogens with zero attached hydrogens (tertiary/aromatic N) is 1. The summed E-state index contributed by atoms with van der Waals surface area (Å²) < 4.78 is 42.4. The maximum absolute atomic E-state index is 9.43. The van der Waals surface area contributed by atoms with Crippen LogP contribution in [-0.2, 0) is 24.3 Å². The van der Waals surface area contributed by atoms with Gasteiger partial charge in [0.1, 0.15) is 46.0 Å². The Bertz CT molecular complexity index is 2170. The standard InChI is InChI=1S/C16H20O4P2.4C9H12O.C3H7NO.2ClH.Ru/c1-17-9-5-13(20-4)16(15(22)6-9)10-7-14(21)12(19-3)8-11(10)18-2;4*1-7-5-4-6-8(2)9(7)10-3;1-4(2)3-5;;;/h5-8H,21-22H2,1-4H3;4*4-6H,1-3H3;3H,1-2H3;2*1H;/q;;;;;;;;+3/p-2. The van der Waals surface area contributed by atoms with E-state index in [0.29, 0.717) is 0 Å². The van der Waals surface area contributed by atoms with Crippen LogP contribution in [0.5, 0.6) is 46.0 Å². The number of hydrogen-bond donors (Lipinski definition) is 0. The van der Waals surface area contributed by atoms with E-state index >= 15 is 0 Å². The number of benzene rings is 6. The van der Waals surface area contributed by atoms with Gasteiger partial charge in [0.05, 0.1) is 56.9 Å². The van der Waals surface area contributed by atoms with E-state index in [4.69, 9.17) is 37.9 Å². The average Bonchev–Trinajstić information content (AvgIpc) is 3.30. The number of carbonyl (C=O) groups is 1. The third kappa shape index (κ3) is 22.1. The molecule has 1 amide bonds. The van der Waals surface area contributed by atoms with Gasteiger partial charge in [-0.3, -0.25) is 4.79 Å². The van der Waals surface area contributed by atoms with Crippen molar-refractivity contribution >= 4 is 35.5 Å². The molecular formula is C55H75Cl2NO9P2Ru+. The van der Waals surface area contributed by atoms with Crippen LogP contribution in [0.2, 0.25) is 0 Å². The van der Waals surface area contributed by atoms with E-state index in [-0.39, 0.29) is 44.3 Å². The molecule has 0 saturated carbocycles. The van der Waals surface area contributed by atoms with Crippen molar-refractivity contribution in [3.05, 3.63) is 142 Å². The second-order valence-corrected chi connectivity index (χ2v) is 16.6. The maximum Gasteiger partial charge on any atom is 3.00 e. The van der Waals surface area contributed by atoms with Gasteiger partial charge in [-0.15, -0.1) is 18.5 Å². The molecule has 0 aliphatic carbocycles. The van der Waals surface area contributed by atoms with Gasteiger partial charge in [0, 0.05) is 42.7 Å². The summed E-state index contributed by atoms with van der Waals surface area (Å²) in [5.41, 5.74) is 11.4. The first-order valence-electron chi connectivity index (χ1n) is 21.4. The van der Waals surface area contributed by atoms with E-state index in [1.54, 1.807) is 71.0 Å². The number of rotatable bonds is 10. The van der Waals surface area contributed by atoms with Gasteiger partial charge in [0.2, 0.25) is 6.41 Å². The molecule has 0 saturated heterocycles. The smallest absolute Gasteiger partial charge is 1.00 e. The fraction of sp³-hybridized carbons (Fsp3) is 0.327. The predicted octanol–water partition coefficient (Wildman–Crippen LogP) is 5.35. The van der Waals surface area contributed by atoms with E-state index in [0.717, 1.165) is 74.1 Å². The molecule has 10 nitrogen and oxygen atoms in total. The van der Waals surface area contributed by atoms with E-state index < -0.39 is 0 Å². The molecule has 385 valence electrons. The first kappa shape index (κ1) is 69.5. The SMILES string of the molecule is CN(C)C=O.COc1c(C)cccc1C.COc1c(C)cccc1C.COc1c(C)cccc1C.COc1c(C)cccc1C.COc1cc(P)c(-c2cc(P)c(OC)cc2OC)c(OC)c1.[Cl-].[Cl-].[Ru+3]. The van der Waals surface area contributed by atoms with Crippen LogP contribution in [-0.4, -0.2) is 82.3 Å². The molecule has 1 radical (unpaired) electrons. The largest absolute Gasteiger partial charge is 3.00 e. The zero-order valence-corrected chi connectivity index (χ0v) is 49.8. The number of hydrogen-bond acceptors (Lipinski definition) is 9. The van der Waals surface area contributed by atoms with Gasteiger partial charge >= 0.3 is 19.5 Å². The molecule has 2 atom stereocenters. The minimum Gasteiger partial charge on any atom is -1.00 e. The fourth-order valence-electron chi connectivity index (χ4n) is 6.78. The third-order valence-corrected chi connectivity index (χ3v) is 11.0. The average molecular weight is 1130 g/mol. The number of aryl methyl sites for hydroxylation is 8. The summed E-state index contributed by atoms with van der Waals surface area (Å²) >= 11 is 0. The van der Waals surface area contributed by atoms with Crippen molar-refractivity contribution in [2.45, 2.75) is 55.4 Å². The number of para-hydroxylation sites is 4. The van der Waals surface area contributed by atoms with Crippen LogP contribution in [0.1, 0.15) is 44.5 Å². The van der Waals surface area contributed by atoms with Crippen molar-refractivity contribution in [3.63, 3.8) is 0 Å². The number of halogens is 2. The molecule has 15 heteroatoms. The summed E-state index contributed by atoms with van der Waals surface area (Å²) in [6, 6.07) is 32.2. The Balaban J connectivity index is -0.000000809. The summed E-state index contributed by atoms with van der Waals surface area (Å²) in [5, 5.41) is 1.91. The van der Waals surface area contributed by atoms with Gasteiger partial charge in [-0.2, -0.15) is 0 Å². The first-order chi connectivity index (χ1) is 31.8. The Hall–Kier alpha value is -4.75. The minimum absolute atomic E-state index is 0. The molecular weight excluding hydrogens is 1050 g/mol. The molecule has 6 rings (SSSR count). The minimum atomic E-state index is 0. The van der Waals surface area contributed by atoms with Gasteiger partial charge < -0.3 is 67.6 Å². The van der Waals surface area contributed by atoms with Crippen molar-refractivity contribution in [1.82, 2.24) is 4.90 Å². The molecule has 0 bridgehead atoms. The van der Waals surface area contributed by atoms with Gasteiger partial charge in [-0.25, -0.2) is 0 Å². The Kier molecular flexibility index (Phi) is 36.8. The van der Waals surface area contributed by atoms with Gasteiger partial charge in [0.25, 0.3) is 0 Å². The van der Waals surface area contributed by atoms with Crippen LogP contribution in [0, 0.1) is 55.4 Å². The Labute approximate surface area is 449 Å². The topological polar surface area (TPSA) is 94.2 Å². The predicted molar refractivity (Wildman–Crippen MR) is 286 cm³/mol. The number of carbonyl (C=O) groups excluding carboxylic acids is 1. The van der Waals surface area contributed by atoms with E-state index in [2.05, 4.69) is 18.5 Å². The molecule has 6 aromatic carbocycles. The molecule has 0 spiro atoms. The van der Waals surface area contributed by atoms with E-state index in [9.17, 15) is 4.79 Å². The van der Waals surface area contributed by atoms with Gasteiger partial charge in [-0.1, -0.05) is 72.8 Å². The molecule has 0 fully saturated rings. The number of ether oxygens (including phenoxy) is 8. The number of amides is 1. The normalized spacial score (nSPS) is 9.14. The second-order valence-electron chi connectivity index (χ2n) is 15.4. The summed E-state index contributed by atoms with van der Waals surface area (Å²) in [6.07, 6.45) is 0.750. The third-order valence-electron chi connectivity index (χ3n) is 10.0. The summed E-state index contributed by atoms with van der Waals surface area (Å²) in [4.78, 5) is 10.9. The van der Waals surface area contributed by atoms with Gasteiger partial charge in [0.15, 0.2) is 0 Å². The van der Waals surface area contributed by atoms with Crippen molar-refractivity contribution in [1.29, 1.82) is 0 Å². The fourth-order valence-corrected chi connectivity index (χ4v) is 7.61. The quantitative estimate of drug-likeness (QED) is 0.102. The first-order valence-corrected chi connectivity index (χ1v) is 22.6. The summed E-state index contributed by atoms with van der Waals surface area (Å²) in [5.74, 6) is 6.94. The van der Waals surface area contributed by atoms with Gasteiger partial charge in [-0.05, 0) is 117 Å². The Morgan fingerprint density at radius 3 is 0.900 bits per heavy atom. The molecule has 0 N–H and O–H groups in total. The molecule has 6 aromatic rings. The Morgan fingerprint density at radius 2 is 0.686 bits per heavy atom. The van der Waals surface area contributed by atoms with Crippen LogP contribution in [0.15, 0.2) is 97.1 Å². The Morgan fingerprint density at radius 1 is 0.400 bits per heavy atom. The van der Waals surface area contributed by atoms with E-state index in [1.807, 2.05) is 152 Å². The van der Waals surface area contributed by atoms with Crippen LogP contribution in [0.25, 0.3) is 11.1 Å². The van der Waals surface area contributed by atoms with Crippen molar-refractivity contribution in [3.8, 4) is 57.1 Å². The second kappa shape index (κ2) is 37.1. The molecule has 70 heavy (non-hydrogen) atoms. The van der Waals surface area contributed by atoms with Crippen LogP contribution >= 0.6 is 18.5 Å². The maximum atomic E-state index is 9.43. The molecule has 0 aromatic heterocycles. The van der Waals surface area contributed by atoms with Crippen molar-refractivity contribution < 1.29 is 87.0 Å². The summed E-state index contributed by atoms with van der Waals surface area (Å²) in [7, 11) is 22.1. The zero-order valence-electron chi connectivity index (χ0n) is 44.2. The summed E-state index contributed by atoms with van der Waals surface area (Å²) in [6.45, 7) is 16.4. The van der Waals surface area contributed by atoms with Crippen molar-refractivity contribution in [2.75, 3.05) is 71.0 Å². The van der Waals surface area contributed by atoms with Crippen LogP contribution < -0.4 is 73.3 Å². The zero-order chi connectivity index (χ0) is 50.8.